The standard InChI is InChI=1S/C19H26N6O/c1-14(13-24-9-4-7-22-24)19(26)25-10-3-2-5-17(25)18-21-12-15-11-20-8-6-16(15)23-18/h4,7,9,12,14,17,20H,2-3,5-6,8,10-11,13H2,1H3/t14-,17+/m0/s1. The minimum absolute atomic E-state index is 0.00323. The minimum Gasteiger partial charge on any atom is -0.332 e. The molecule has 0 aliphatic carbocycles. The molecule has 4 heterocycles. The van der Waals surface area contributed by atoms with E-state index in [9.17, 15) is 4.79 Å². The van der Waals surface area contributed by atoms with E-state index in [4.69, 9.17) is 4.98 Å². The number of fused-ring (bicyclic) bond motifs is 1. The van der Waals surface area contributed by atoms with Gasteiger partial charge in [-0.1, -0.05) is 6.92 Å². The van der Waals surface area contributed by atoms with Gasteiger partial charge in [0, 0.05) is 55.9 Å². The molecule has 1 amide bonds. The van der Waals surface area contributed by atoms with E-state index < -0.39 is 0 Å². The Balaban J connectivity index is 1.53. The van der Waals surface area contributed by atoms with Gasteiger partial charge in [-0.3, -0.25) is 9.48 Å². The highest BCUT2D eigenvalue weighted by Gasteiger charge is 2.33. The molecule has 1 fully saturated rings. The molecule has 138 valence electrons. The second-order valence-corrected chi connectivity index (χ2v) is 7.30. The Kier molecular flexibility index (Phi) is 4.97. The molecule has 0 saturated carbocycles. The predicted octanol–water partition coefficient (Wildman–Crippen LogP) is 1.71. The normalized spacial score (nSPS) is 21.3. The molecule has 0 bridgehead atoms. The van der Waals surface area contributed by atoms with E-state index >= 15 is 0 Å². The van der Waals surface area contributed by atoms with Crippen LogP contribution in [0.15, 0.2) is 24.7 Å². The summed E-state index contributed by atoms with van der Waals surface area (Å²) in [6.45, 7) is 5.16. The smallest absolute Gasteiger partial charge is 0.227 e. The number of aromatic nitrogens is 4. The third kappa shape index (κ3) is 3.49. The average molecular weight is 354 g/mol. The van der Waals surface area contributed by atoms with Gasteiger partial charge in [-0.25, -0.2) is 9.97 Å². The van der Waals surface area contributed by atoms with E-state index in [2.05, 4.69) is 15.4 Å². The molecule has 0 unspecified atom stereocenters. The fourth-order valence-corrected chi connectivity index (χ4v) is 3.93. The number of carbonyl (C=O) groups excluding carboxylic acids is 1. The van der Waals surface area contributed by atoms with Crippen LogP contribution < -0.4 is 5.32 Å². The number of likely N-dealkylation sites (tertiary alicyclic amines) is 1. The van der Waals surface area contributed by atoms with Gasteiger partial charge < -0.3 is 10.2 Å². The van der Waals surface area contributed by atoms with Crippen LogP contribution in [0, 0.1) is 5.92 Å². The van der Waals surface area contributed by atoms with E-state index in [0.717, 1.165) is 56.8 Å². The SMILES string of the molecule is C[C@@H](Cn1cccn1)C(=O)N1CCCC[C@@H]1c1ncc2c(n1)CCNC2. The first-order valence-electron chi connectivity index (χ1n) is 9.55. The Bertz CT molecular complexity index is 759. The highest BCUT2D eigenvalue weighted by molar-refractivity contribution is 5.79. The first kappa shape index (κ1) is 17.1. The van der Waals surface area contributed by atoms with Crippen LogP contribution in [0.1, 0.15) is 49.3 Å². The van der Waals surface area contributed by atoms with Crippen molar-refractivity contribution in [3.05, 3.63) is 41.7 Å². The fourth-order valence-electron chi connectivity index (χ4n) is 3.93. The molecule has 2 atom stereocenters. The Hall–Kier alpha value is -2.28. The number of hydrogen-bond donors (Lipinski definition) is 1. The lowest BCUT2D eigenvalue weighted by Gasteiger charge is -2.36. The Labute approximate surface area is 153 Å². The molecule has 4 rings (SSSR count). The van der Waals surface area contributed by atoms with Gasteiger partial charge in [-0.2, -0.15) is 5.10 Å². The maximum atomic E-state index is 13.1. The van der Waals surface area contributed by atoms with E-state index in [0.29, 0.717) is 6.54 Å². The van der Waals surface area contributed by atoms with Gasteiger partial charge in [0.05, 0.1) is 18.5 Å². The van der Waals surface area contributed by atoms with Crippen LogP contribution in [0.25, 0.3) is 0 Å². The summed E-state index contributed by atoms with van der Waals surface area (Å²) in [6, 6.07) is 1.88. The first-order chi connectivity index (χ1) is 12.7. The van der Waals surface area contributed by atoms with Crippen LogP contribution in [-0.2, 0) is 24.3 Å². The molecule has 1 saturated heterocycles. The minimum atomic E-state index is -0.114. The first-order valence-corrected chi connectivity index (χ1v) is 9.55. The third-order valence-corrected chi connectivity index (χ3v) is 5.35. The molecule has 26 heavy (non-hydrogen) atoms. The lowest BCUT2D eigenvalue weighted by atomic mass is 9.98. The maximum absolute atomic E-state index is 13.1. The van der Waals surface area contributed by atoms with Crippen molar-refractivity contribution in [2.45, 2.75) is 51.7 Å². The molecule has 2 aliphatic rings. The van der Waals surface area contributed by atoms with Gasteiger partial charge in [0.1, 0.15) is 0 Å². The van der Waals surface area contributed by atoms with E-state index in [1.54, 1.807) is 6.20 Å². The van der Waals surface area contributed by atoms with Crippen LogP contribution >= 0.6 is 0 Å². The van der Waals surface area contributed by atoms with Gasteiger partial charge in [0.25, 0.3) is 0 Å². The van der Waals surface area contributed by atoms with E-state index in [-0.39, 0.29) is 17.9 Å². The van der Waals surface area contributed by atoms with Crippen molar-refractivity contribution >= 4 is 5.91 Å². The molecule has 0 spiro atoms. The fraction of sp³-hybridized carbons (Fsp3) is 0.579. The number of hydrogen-bond acceptors (Lipinski definition) is 5. The van der Waals surface area contributed by atoms with Crippen molar-refractivity contribution < 1.29 is 4.79 Å². The molecular weight excluding hydrogens is 328 g/mol. The van der Waals surface area contributed by atoms with Gasteiger partial charge in [-0.15, -0.1) is 0 Å². The largest absolute Gasteiger partial charge is 0.332 e. The monoisotopic (exact) mass is 354 g/mol. The second-order valence-electron chi connectivity index (χ2n) is 7.30. The Morgan fingerprint density at radius 2 is 2.35 bits per heavy atom. The number of carbonyl (C=O) groups is 1. The third-order valence-electron chi connectivity index (χ3n) is 5.35. The highest BCUT2D eigenvalue weighted by Crippen LogP contribution is 2.31. The molecule has 2 aliphatic heterocycles. The van der Waals surface area contributed by atoms with Crippen LogP contribution in [0.5, 0.6) is 0 Å². The highest BCUT2D eigenvalue weighted by atomic mass is 16.2. The molecule has 7 nitrogen and oxygen atoms in total. The lowest BCUT2D eigenvalue weighted by molar-refractivity contribution is -0.139. The van der Waals surface area contributed by atoms with Gasteiger partial charge >= 0.3 is 0 Å². The number of piperidine rings is 1. The molecular formula is C19H26N6O. The summed E-state index contributed by atoms with van der Waals surface area (Å²) in [4.78, 5) is 24.6. The summed E-state index contributed by atoms with van der Waals surface area (Å²) in [5.41, 5.74) is 2.32. The van der Waals surface area contributed by atoms with Crippen molar-refractivity contribution in [3.63, 3.8) is 0 Å². The van der Waals surface area contributed by atoms with Crippen LogP contribution in [0.2, 0.25) is 0 Å². The summed E-state index contributed by atoms with van der Waals surface area (Å²) >= 11 is 0. The van der Waals surface area contributed by atoms with Crippen molar-refractivity contribution in [2.24, 2.45) is 5.92 Å². The van der Waals surface area contributed by atoms with Gasteiger partial charge in [-0.05, 0) is 25.3 Å². The summed E-state index contributed by atoms with van der Waals surface area (Å²) in [7, 11) is 0. The van der Waals surface area contributed by atoms with Crippen LogP contribution in [0.3, 0.4) is 0 Å². The van der Waals surface area contributed by atoms with Crippen LogP contribution in [0.4, 0.5) is 0 Å². The zero-order valence-corrected chi connectivity index (χ0v) is 15.3. The van der Waals surface area contributed by atoms with Crippen molar-refractivity contribution in [1.29, 1.82) is 0 Å². The molecule has 0 aromatic carbocycles. The molecule has 1 N–H and O–H groups in total. The summed E-state index contributed by atoms with van der Waals surface area (Å²) < 4.78 is 1.82. The number of rotatable bonds is 4. The lowest BCUT2D eigenvalue weighted by Crippen LogP contribution is -2.43. The molecule has 7 heteroatoms. The molecule has 2 aromatic rings. The Morgan fingerprint density at radius 1 is 1.42 bits per heavy atom. The van der Waals surface area contributed by atoms with E-state index in [1.807, 2.05) is 35.0 Å². The number of nitrogens with one attached hydrogen (secondary N) is 1. The summed E-state index contributed by atoms with van der Waals surface area (Å²) in [6.07, 6.45) is 9.62. The van der Waals surface area contributed by atoms with Crippen molar-refractivity contribution in [2.75, 3.05) is 13.1 Å². The number of nitrogens with zero attached hydrogens (tertiary/aromatic N) is 5. The van der Waals surface area contributed by atoms with Gasteiger partial charge in [0.15, 0.2) is 5.82 Å². The van der Waals surface area contributed by atoms with Crippen molar-refractivity contribution in [1.82, 2.24) is 30.0 Å². The molecule has 2 aromatic heterocycles. The van der Waals surface area contributed by atoms with Gasteiger partial charge in [0.2, 0.25) is 5.91 Å². The average Bonchev–Trinajstić information content (AvgIpc) is 3.20. The van der Waals surface area contributed by atoms with Crippen molar-refractivity contribution in [3.8, 4) is 0 Å². The quantitative estimate of drug-likeness (QED) is 0.905. The summed E-state index contributed by atoms with van der Waals surface area (Å²) in [5, 5.41) is 7.57. The Morgan fingerprint density at radius 3 is 3.19 bits per heavy atom. The predicted molar refractivity (Wildman–Crippen MR) is 97.1 cm³/mol. The number of amides is 1. The molecule has 0 radical (unpaired) electrons. The zero-order chi connectivity index (χ0) is 17.9. The maximum Gasteiger partial charge on any atom is 0.227 e. The summed E-state index contributed by atoms with van der Waals surface area (Å²) in [5.74, 6) is 0.871. The second kappa shape index (κ2) is 7.53. The van der Waals surface area contributed by atoms with Crippen LogP contribution in [-0.4, -0.2) is 43.6 Å². The van der Waals surface area contributed by atoms with E-state index in [1.165, 1.54) is 5.56 Å². The zero-order valence-electron chi connectivity index (χ0n) is 15.3. The topological polar surface area (TPSA) is 75.9 Å².